The van der Waals surface area contributed by atoms with E-state index in [0.717, 1.165) is 16.8 Å². The maximum Gasteiger partial charge on any atom is 0.240 e. The summed E-state index contributed by atoms with van der Waals surface area (Å²) in [7, 11) is 0. The average molecular weight is 328 g/mol. The van der Waals surface area contributed by atoms with Crippen molar-refractivity contribution in [3.05, 3.63) is 42.0 Å². The summed E-state index contributed by atoms with van der Waals surface area (Å²) in [5, 5.41) is 5.84. The van der Waals surface area contributed by atoms with Gasteiger partial charge in [0.1, 0.15) is 5.41 Å². The van der Waals surface area contributed by atoms with Crippen molar-refractivity contribution in [1.29, 1.82) is 0 Å². The van der Waals surface area contributed by atoms with E-state index in [1.807, 2.05) is 18.2 Å². The maximum absolute atomic E-state index is 12.9. The molecule has 4 nitrogen and oxygen atoms in total. The zero-order chi connectivity index (χ0) is 17.9. The quantitative estimate of drug-likeness (QED) is 0.588. The van der Waals surface area contributed by atoms with Crippen LogP contribution in [0, 0.1) is 5.41 Å². The normalized spacial score (nSPS) is 15.2. The molecule has 130 valence electrons. The fourth-order valence-corrected chi connectivity index (χ4v) is 2.94. The number of rotatable bonds is 7. The number of hydrogen-bond donors (Lipinski definition) is 2. The topological polar surface area (TPSA) is 58.2 Å². The highest BCUT2D eigenvalue weighted by Crippen LogP contribution is 2.47. The van der Waals surface area contributed by atoms with Gasteiger partial charge in [-0.3, -0.25) is 9.59 Å². The van der Waals surface area contributed by atoms with Crippen LogP contribution in [0.1, 0.15) is 63.5 Å². The number of nitrogens with one attached hydrogen (secondary N) is 2. The van der Waals surface area contributed by atoms with E-state index in [1.54, 1.807) is 6.08 Å². The summed E-state index contributed by atoms with van der Waals surface area (Å²) in [4.78, 5) is 25.2. The molecule has 1 aromatic rings. The Hall–Kier alpha value is -2.10. The highest BCUT2D eigenvalue weighted by atomic mass is 16.2. The Morgan fingerprint density at radius 3 is 2.08 bits per heavy atom. The minimum atomic E-state index is -0.915. The van der Waals surface area contributed by atoms with Crippen molar-refractivity contribution < 1.29 is 9.59 Å². The molecule has 0 aliphatic heterocycles. The lowest BCUT2D eigenvalue weighted by Gasteiger charge is -2.22. The second-order valence-electron chi connectivity index (χ2n) is 7.16. The van der Waals surface area contributed by atoms with Gasteiger partial charge in [-0.05, 0) is 35.8 Å². The van der Waals surface area contributed by atoms with Crippen molar-refractivity contribution in [3.8, 4) is 0 Å². The van der Waals surface area contributed by atoms with Crippen LogP contribution in [0.4, 0.5) is 5.69 Å². The Kier molecular flexibility index (Phi) is 5.47. The van der Waals surface area contributed by atoms with Crippen molar-refractivity contribution >= 4 is 17.5 Å². The third-order valence-electron chi connectivity index (χ3n) is 4.64. The van der Waals surface area contributed by atoms with Gasteiger partial charge in [0.15, 0.2) is 0 Å². The monoisotopic (exact) mass is 328 g/mol. The number of amides is 2. The molecule has 0 spiro atoms. The maximum atomic E-state index is 12.9. The first-order valence-electron chi connectivity index (χ1n) is 8.67. The molecule has 24 heavy (non-hydrogen) atoms. The molecule has 0 unspecified atom stereocenters. The lowest BCUT2D eigenvalue weighted by Crippen LogP contribution is -2.40. The molecule has 0 heterocycles. The Labute approximate surface area is 144 Å². The van der Waals surface area contributed by atoms with E-state index in [9.17, 15) is 9.59 Å². The van der Waals surface area contributed by atoms with Gasteiger partial charge in [-0.15, -0.1) is 6.58 Å². The molecule has 1 aliphatic rings. The summed E-state index contributed by atoms with van der Waals surface area (Å²) in [6.45, 7) is 12.4. The van der Waals surface area contributed by atoms with E-state index in [4.69, 9.17) is 0 Å². The van der Waals surface area contributed by atoms with Gasteiger partial charge in [-0.25, -0.2) is 0 Å². The number of carbonyl (C=O) groups excluding carboxylic acids is 2. The molecule has 1 fully saturated rings. The van der Waals surface area contributed by atoms with Gasteiger partial charge < -0.3 is 10.6 Å². The molecule has 0 aromatic heterocycles. The van der Waals surface area contributed by atoms with Gasteiger partial charge in [0.25, 0.3) is 0 Å². The predicted octanol–water partition coefficient (Wildman–Crippen LogP) is 3.95. The van der Waals surface area contributed by atoms with E-state index in [-0.39, 0.29) is 11.8 Å². The number of carbonyl (C=O) groups is 2. The molecule has 2 amide bonds. The average Bonchev–Trinajstić information content (AvgIpc) is 3.34. The lowest BCUT2D eigenvalue weighted by molar-refractivity contribution is -0.134. The molecule has 0 saturated heterocycles. The molecule has 1 aromatic carbocycles. The molecule has 2 N–H and O–H groups in total. The van der Waals surface area contributed by atoms with Crippen LogP contribution in [0.5, 0.6) is 0 Å². The number of hydrogen-bond acceptors (Lipinski definition) is 2. The van der Waals surface area contributed by atoms with Crippen molar-refractivity contribution in [2.24, 2.45) is 5.41 Å². The zero-order valence-electron chi connectivity index (χ0n) is 15.1. The molecular formula is C20H28N2O2. The van der Waals surface area contributed by atoms with E-state index < -0.39 is 5.41 Å². The summed E-state index contributed by atoms with van der Waals surface area (Å²) in [5.74, 6) is 0.194. The van der Waals surface area contributed by atoms with E-state index in [1.165, 1.54) is 0 Å². The first-order chi connectivity index (χ1) is 11.3. The predicted molar refractivity (Wildman–Crippen MR) is 98.1 cm³/mol. The summed E-state index contributed by atoms with van der Waals surface area (Å²) in [6, 6.07) is 6.12. The van der Waals surface area contributed by atoms with E-state index in [0.29, 0.717) is 31.2 Å². The Bertz CT molecular complexity index is 617. The van der Waals surface area contributed by atoms with Crippen molar-refractivity contribution in [3.63, 3.8) is 0 Å². The summed E-state index contributed by atoms with van der Waals surface area (Å²) in [5.41, 5.74) is 2.17. The van der Waals surface area contributed by atoms with Gasteiger partial charge in [0.2, 0.25) is 11.8 Å². The Balaban J connectivity index is 2.29. The van der Waals surface area contributed by atoms with Crippen LogP contribution in [-0.2, 0) is 9.59 Å². The van der Waals surface area contributed by atoms with Gasteiger partial charge in [0.05, 0.1) is 0 Å². The van der Waals surface area contributed by atoms with Crippen LogP contribution in [0.25, 0.3) is 0 Å². The summed E-state index contributed by atoms with van der Waals surface area (Å²) >= 11 is 0. The summed E-state index contributed by atoms with van der Waals surface area (Å²) < 4.78 is 0. The second kappa shape index (κ2) is 7.20. The minimum Gasteiger partial charge on any atom is -0.352 e. The largest absolute Gasteiger partial charge is 0.352 e. The highest BCUT2D eigenvalue weighted by Gasteiger charge is 2.56. The number of para-hydroxylation sites is 1. The van der Waals surface area contributed by atoms with E-state index in [2.05, 4.69) is 44.9 Å². The highest BCUT2D eigenvalue weighted by molar-refractivity contribution is 6.13. The molecule has 2 rings (SSSR count). The second-order valence-corrected chi connectivity index (χ2v) is 7.16. The Morgan fingerprint density at radius 1 is 1.12 bits per heavy atom. The fraction of sp³-hybridized carbons (Fsp3) is 0.500. The molecule has 4 heteroatoms. The molecule has 1 saturated carbocycles. The Morgan fingerprint density at radius 2 is 1.67 bits per heavy atom. The van der Waals surface area contributed by atoms with E-state index >= 15 is 0 Å². The number of anilines is 1. The number of benzene rings is 1. The minimum absolute atomic E-state index is 0.195. The third-order valence-corrected chi connectivity index (χ3v) is 4.64. The van der Waals surface area contributed by atoms with Crippen molar-refractivity contribution in [2.75, 3.05) is 11.9 Å². The zero-order valence-corrected chi connectivity index (χ0v) is 15.1. The standard InChI is InChI=1S/C20H28N2O2/c1-6-12-21-18(23)20(10-11-20)19(24)22-17-15(13(2)3)8-7-9-16(17)14(4)5/h6-9,13-14H,1,10-12H2,2-5H3,(H,21,23)(H,22,24). The first-order valence-corrected chi connectivity index (χ1v) is 8.67. The van der Waals surface area contributed by atoms with Crippen LogP contribution >= 0.6 is 0 Å². The van der Waals surface area contributed by atoms with Crippen LogP contribution in [0.2, 0.25) is 0 Å². The summed E-state index contributed by atoms with van der Waals surface area (Å²) in [6.07, 6.45) is 2.82. The molecule has 0 radical (unpaired) electrons. The van der Waals surface area contributed by atoms with Gasteiger partial charge in [-0.2, -0.15) is 0 Å². The van der Waals surface area contributed by atoms with Crippen LogP contribution in [0.15, 0.2) is 30.9 Å². The van der Waals surface area contributed by atoms with Crippen LogP contribution in [0.3, 0.4) is 0 Å². The fourth-order valence-electron chi connectivity index (χ4n) is 2.94. The van der Waals surface area contributed by atoms with Crippen molar-refractivity contribution in [1.82, 2.24) is 5.32 Å². The van der Waals surface area contributed by atoms with Gasteiger partial charge in [0, 0.05) is 12.2 Å². The van der Waals surface area contributed by atoms with Crippen LogP contribution < -0.4 is 10.6 Å². The van der Waals surface area contributed by atoms with Gasteiger partial charge in [-0.1, -0.05) is 52.0 Å². The SMILES string of the molecule is C=CCNC(=O)C1(C(=O)Nc2c(C(C)C)cccc2C(C)C)CC1. The smallest absolute Gasteiger partial charge is 0.240 e. The lowest BCUT2D eigenvalue weighted by atomic mass is 9.92. The molecule has 1 aliphatic carbocycles. The van der Waals surface area contributed by atoms with Crippen molar-refractivity contribution in [2.45, 2.75) is 52.4 Å². The van der Waals surface area contributed by atoms with Crippen LogP contribution in [-0.4, -0.2) is 18.4 Å². The van der Waals surface area contributed by atoms with Gasteiger partial charge >= 0.3 is 0 Å². The molecular weight excluding hydrogens is 300 g/mol. The molecule has 0 bridgehead atoms. The third kappa shape index (κ3) is 3.53. The molecule has 0 atom stereocenters. The first kappa shape index (κ1) is 18.2.